The predicted molar refractivity (Wildman–Crippen MR) is 142 cm³/mol. The lowest BCUT2D eigenvalue weighted by atomic mass is 10.0. The first-order valence-electron chi connectivity index (χ1n) is 10.9. The Kier molecular flexibility index (Phi) is 6.36. The summed E-state index contributed by atoms with van der Waals surface area (Å²) < 4.78 is 31.9. The molecular formula is C26H20BrN3O3S2. The fourth-order valence-electron chi connectivity index (χ4n) is 4.17. The zero-order chi connectivity index (χ0) is 24.6. The maximum atomic E-state index is 13.4. The van der Waals surface area contributed by atoms with Gasteiger partial charge in [0.25, 0.3) is 15.9 Å². The summed E-state index contributed by atoms with van der Waals surface area (Å²) in [4.78, 5) is 17.9. The third kappa shape index (κ3) is 4.45. The summed E-state index contributed by atoms with van der Waals surface area (Å²) in [5, 5.41) is 0. The number of carbonyl (C=O) groups is 1. The Labute approximate surface area is 215 Å². The van der Waals surface area contributed by atoms with E-state index in [1.807, 2.05) is 47.0 Å². The van der Waals surface area contributed by atoms with E-state index in [1.54, 1.807) is 0 Å². The molecule has 35 heavy (non-hydrogen) atoms. The van der Waals surface area contributed by atoms with E-state index in [-0.39, 0.29) is 11.4 Å². The Morgan fingerprint density at radius 1 is 1.11 bits per heavy atom. The number of para-hydroxylation sites is 1. The molecule has 0 unspecified atom stereocenters. The zero-order valence-electron chi connectivity index (χ0n) is 18.5. The minimum atomic E-state index is -3.75. The lowest BCUT2D eigenvalue weighted by molar-refractivity contribution is 0.0998. The highest BCUT2D eigenvalue weighted by molar-refractivity contribution is 9.10. The van der Waals surface area contributed by atoms with E-state index >= 15 is 0 Å². The molecule has 1 aliphatic rings. The van der Waals surface area contributed by atoms with E-state index in [9.17, 15) is 13.2 Å². The van der Waals surface area contributed by atoms with Crippen molar-refractivity contribution in [2.45, 2.75) is 24.3 Å². The van der Waals surface area contributed by atoms with Gasteiger partial charge in [-0.05, 0) is 66.9 Å². The molecule has 6 nitrogen and oxygen atoms in total. The Morgan fingerprint density at radius 3 is 2.66 bits per heavy atom. The lowest BCUT2D eigenvalue weighted by Gasteiger charge is -2.30. The van der Waals surface area contributed by atoms with E-state index in [1.165, 1.54) is 39.9 Å². The van der Waals surface area contributed by atoms with Crippen LogP contribution in [0.3, 0.4) is 0 Å². The van der Waals surface area contributed by atoms with Crippen molar-refractivity contribution in [3.8, 4) is 12.3 Å². The van der Waals surface area contributed by atoms with Crippen molar-refractivity contribution < 1.29 is 13.2 Å². The van der Waals surface area contributed by atoms with Gasteiger partial charge in [0, 0.05) is 16.6 Å². The van der Waals surface area contributed by atoms with E-state index in [2.05, 4.69) is 26.8 Å². The quantitative estimate of drug-likeness (QED) is 0.327. The summed E-state index contributed by atoms with van der Waals surface area (Å²) in [5.74, 6) is 2.14. The number of hydrogen-bond acceptors (Lipinski definition) is 4. The Morgan fingerprint density at radius 2 is 1.89 bits per heavy atom. The first kappa shape index (κ1) is 23.5. The third-order valence-corrected chi connectivity index (χ3v) is 9.21. The molecule has 9 heteroatoms. The number of amides is 1. The highest BCUT2D eigenvalue weighted by Gasteiger charge is 2.29. The molecule has 0 saturated carbocycles. The number of thiazole rings is 1. The number of aryl methyl sites for hydroxylation is 1. The lowest BCUT2D eigenvalue weighted by Crippen LogP contribution is -2.35. The minimum Gasteiger partial charge on any atom is -0.305 e. The van der Waals surface area contributed by atoms with Crippen LogP contribution in [0.25, 0.3) is 10.2 Å². The Bertz CT molecular complexity index is 1660. The number of hydrogen-bond donors (Lipinski definition) is 0. The van der Waals surface area contributed by atoms with Crippen molar-refractivity contribution >= 4 is 59.1 Å². The molecule has 1 amide bonds. The summed E-state index contributed by atoms with van der Waals surface area (Å²) in [6, 6.07) is 19.3. The first-order chi connectivity index (χ1) is 16.9. The smallest absolute Gasteiger partial charge is 0.279 e. The number of carbonyl (C=O) groups excluding carboxylic acids is 1. The molecule has 0 aliphatic carbocycles. The van der Waals surface area contributed by atoms with Crippen molar-refractivity contribution in [1.82, 2.24) is 4.57 Å². The van der Waals surface area contributed by atoms with Gasteiger partial charge in [-0.15, -0.1) is 6.42 Å². The van der Waals surface area contributed by atoms with Gasteiger partial charge in [0.1, 0.15) is 0 Å². The van der Waals surface area contributed by atoms with Gasteiger partial charge in [-0.3, -0.25) is 9.10 Å². The molecule has 0 radical (unpaired) electrons. The molecule has 0 N–H and O–H groups in total. The molecule has 0 spiro atoms. The molecule has 4 aromatic rings. The molecule has 3 aromatic carbocycles. The van der Waals surface area contributed by atoms with Crippen molar-refractivity contribution in [3.05, 3.63) is 87.1 Å². The summed E-state index contributed by atoms with van der Waals surface area (Å²) in [5.41, 5.74) is 2.92. The van der Waals surface area contributed by atoms with Gasteiger partial charge in [0.2, 0.25) is 0 Å². The van der Waals surface area contributed by atoms with Crippen LogP contribution in [0.15, 0.2) is 81.1 Å². The minimum absolute atomic E-state index is 0.139. The molecule has 2 heterocycles. The van der Waals surface area contributed by atoms with Crippen molar-refractivity contribution in [1.29, 1.82) is 0 Å². The molecule has 0 fully saturated rings. The highest BCUT2D eigenvalue weighted by atomic mass is 79.9. The van der Waals surface area contributed by atoms with Crippen LogP contribution in [-0.4, -0.2) is 25.4 Å². The fourth-order valence-corrected chi connectivity index (χ4v) is 7.29. The largest absolute Gasteiger partial charge is 0.305 e. The van der Waals surface area contributed by atoms with Crippen LogP contribution in [0.4, 0.5) is 5.69 Å². The van der Waals surface area contributed by atoms with Gasteiger partial charge in [-0.2, -0.15) is 4.99 Å². The molecule has 5 rings (SSSR count). The Balaban J connectivity index is 1.47. The summed E-state index contributed by atoms with van der Waals surface area (Å²) >= 11 is 4.83. The summed E-state index contributed by atoms with van der Waals surface area (Å²) in [6.45, 7) is 0.703. The van der Waals surface area contributed by atoms with Gasteiger partial charge in [-0.25, -0.2) is 8.42 Å². The molecule has 1 aromatic heterocycles. The molecule has 176 valence electrons. The molecule has 0 saturated heterocycles. The average molecular weight is 567 g/mol. The van der Waals surface area contributed by atoms with Gasteiger partial charge < -0.3 is 4.57 Å². The topological polar surface area (TPSA) is 71.7 Å². The normalized spacial score (nSPS) is 14.1. The van der Waals surface area contributed by atoms with Crippen molar-refractivity contribution in [2.24, 2.45) is 4.99 Å². The van der Waals surface area contributed by atoms with Gasteiger partial charge in [-0.1, -0.05) is 51.4 Å². The Hall–Kier alpha value is -3.19. The van der Waals surface area contributed by atoms with Crippen LogP contribution in [0.1, 0.15) is 22.3 Å². The second-order valence-electron chi connectivity index (χ2n) is 8.04. The maximum Gasteiger partial charge on any atom is 0.279 e. The number of aromatic nitrogens is 1. The van der Waals surface area contributed by atoms with Crippen LogP contribution < -0.4 is 9.11 Å². The summed E-state index contributed by atoms with van der Waals surface area (Å²) in [6.07, 6.45) is 7.15. The van der Waals surface area contributed by atoms with Crippen LogP contribution >= 0.6 is 27.3 Å². The van der Waals surface area contributed by atoms with Gasteiger partial charge in [0.15, 0.2) is 4.80 Å². The van der Waals surface area contributed by atoms with E-state index in [4.69, 9.17) is 6.42 Å². The monoisotopic (exact) mass is 565 g/mol. The maximum absolute atomic E-state index is 13.4. The van der Waals surface area contributed by atoms with Crippen LogP contribution in [-0.2, 0) is 23.0 Å². The molecule has 0 atom stereocenters. The van der Waals surface area contributed by atoms with Crippen LogP contribution in [0.2, 0.25) is 0 Å². The average Bonchev–Trinajstić information content (AvgIpc) is 3.19. The SMILES string of the molecule is C#CCn1c(=NC(=O)c2ccc(S(=O)(=O)N3CCCc4ccccc43)cc2)sc2cc(Br)ccc21. The number of terminal acetylenes is 1. The molecule has 1 aliphatic heterocycles. The molecular weight excluding hydrogens is 546 g/mol. The second-order valence-corrected chi connectivity index (χ2v) is 11.8. The van der Waals surface area contributed by atoms with Gasteiger partial charge >= 0.3 is 0 Å². The van der Waals surface area contributed by atoms with Crippen LogP contribution in [0.5, 0.6) is 0 Å². The number of halogens is 1. The number of anilines is 1. The second kappa shape index (κ2) is 9.46. The number of fused-ring (bicyclic) bond motifs is 2. The molecule has 0 bridgehead atoms. The van der Waals surface area contributed by atoms with Crippen LogP contribution in [0, 0.1) is 12.3 Å². The first-order valence-corrected chi connectivity index (χ1v) is 14.0. The van der Waals surface area contributed by atoms with Crippen molar-refractivity contribution in [3.63, 3.8) is 0 Å². The van der Waals surface area contributed by atoms with Crippen molar-refractivity contribution in [2.75, 3.05) is 10.8 Å². The number of sulfonamides is 1. The third-order valence-electron chi connectivity index (χ3n) is 5.85. The van der Waals surface area contributed by atoms with E-state index in [0.29, 0.717) is 22.6 Å². The fraction of sp³-hybridized carbons (Fsp3) is 0.154. The number of benzene rings is 3. The van der Waals surface area contributed by atoms with E-state index < -0.39 is 15.9 Å². The van der Waals surface area contributed by atoms with E-state index in [0.717, 1.165) is 33.1 Å². The highest BCUT2D eigenvalue weighted by Crippen LogP contribution is 2.32. The standard InChI is InChI=1S/C26H20BrN3O3S2/c1-2-15-29-23-14-11-20(27)17-24(23)34-26(29)28-25(31)19-9-12-21(13-10-19)35(32,33)30-16-5-7-18-6-3-4-8-22(18)30/h1,3-4,6,8-14,17H,5,7,15-16H2. The number of rotatable bonds is 4. The zero-order valence-corrected chi connectivity index (χ0v) is 21.7. The van der Waals surface area contributed by atoms with Gasteiger partial charge in [0.05, 0.1) is 27.3 Å². The predicted octanol–water partition coefficient (Wildman–Crippen LogP) is 4.98. The number of nitrogens with zero attached hydrogens (tertiary/aromatic N) is 3. The summed E-state index contributed by atoms with van der Waals surface area (Å²) in [7, 11) is -3.75.